The fourth-order valence-corrected chi connectivity index (χ4v) is 3.31. The summed E-state index contributed by atoms with van der Waals surface area (Å²) in [5.41, 5.74) is 1.53. The molecule has 2 unspecified atom stereocenters. The lowest BCUT2D eigenvalue weighted by Crippen LogP contribution is -2.22. The van der Waals surface area contributed by atoms with Crippen LogP contribution in [0.2, 0.25) is 0 Å². The predicted molar refractivity (Wildman–Crippen MR) is 70.7 cm³/mol. The molecule has 2 aliphatic rings. The Morgan fingerprint density at radius 2 is 2.06 bits per heavy atom. The second-order valence-corrected chi connectivity index (χ2v) is 6.08. The Morgan fingerprint density at radius 1 is 1.25 bits per heavy atom. The molecule has 1 aliphatic heterocycles. The molecule has 3 rings (SSSR count). The average Bonchev–Trinajstić information content (AvgIpc) is 2.83. The first-order valence-corrected chi connectivity index (χ1v) is 7.10. The molecular weight excluding hydrogens is 262 g/mol. The SMILES string of the molecule is Brc1cccc(C2CC2CN2CCCC2)c1. The Morgan fingerprint density at radius 3 is 2.81 bits per heavy atom. The topological polar surface area (TPSA) is 3.24 Å². The molecule has 0 radical (unpaired) electrons. The van der Waals surface area contributed by atoms with Gasteiger partial charge in [0.2, 0.25) is 0 Å². The minimum Gasteiger partial charge on any atom is -0.303 e. The molecule has 1 aromatic carbocycles. The standard InChI is InChI=1S/C14H18BrN/c15-13-5-3-4-11(8-13)14-9-12(14)10-16-6-1-2-7-16/h3-5,8,12,14H,1-2,6-7,9-10H2. The van der Waals surface area contributed by atoms with Gasteiger partial charge in [-0.1, -0.05) is 28.1 Å². The minimum absolute atomic E-state index is 0.832. The Kier molecular flexibility index (Phi) is 3.03. The van der Waals surface area contributed by atoms with E-state index in [9.17, 15) is 0 Å². The van der Waals surface area contributed by atoms with Gasteiger partial charge < -0.3 is 4.90 Å². The Bertz CT molecular complexity index is 371. The number of rotatable bonds is 3. The molecule has 1 saturated carbocycles. The maximum Gasteiger partial charge on any atom is 0.0178 e. The lowest BCUT2D eigenvalue weighted by Gasteiger charge is -2.13. The summed E-state index contributed by atoms with van der Waals surface area (Å²) in [4.78, 5) is 2.64. The van der Waals surface area contributed by atoms with E-state index in [0.717, 1.165) is 11.8 Å². The second kappa shape index (κ2) is 4.50. The highest BCUT2D eigenvalue weighted by molar-refractivity contribution is 9.10. The van der Waals surface area contributed by atoms with Crippen molar-refractivity contribution in [1.82, 2.24) is 4.90 Å². The van der Waals surface area contributed by atoms with Gasteiger partial charge in [-0.3, -0.25) is 0 Å². The number of hydrogen-bond acceptors (Lipinski definition) is 1. The van der Waals surface area contributed by atoms with E-state index in [1.54, 1.807) is 0 Å². The van der Waals surface area contributed by atoms with Crippen molar-refractivity contribution in [2.75, 3.05) is 19.6 Å². The maximum atomic E-state index is 3.56. The summed E-state index contributed by atoms with van der Waals surface area (Å²) in [7, 11) is 0. The van der Waals surface area contributed by atoms with Crippen molar-refractivity contribution in [2.24, 2.45) is 5.92 Å². The predicted octanol–water partition coefficient (Wildman–Crippen LogP) is 3.65. The van der Waals surface area contributed by atoms with Gasteiger partial charge in [-0.2, -0.15) is 0 Å². The van der Waals surface area contributed by atoms with Crippen LogP contribution in [-0.2, 0) is 0 Å². The molecule has 1 aromatic rings. The normalized spacial score (nSPS) is 29.6. The van der Waals surface area contributed by atoms with E-state index in [1.165, 1.54) is 48.9 Å². The fourth-order valence-electron chi connectivity index (χ4n) is 2.89. The molecule has 0 bridgehead atoms. The molecule has 0 N–H and O–H groups in total. The molecule has 16 heavy (non-hydrogen) atoms. The molecule has 1 nitrogen and oxygen atoms in total. The molecule has 0 spiro atoms. The van der Waals surface area contributed by atoms with Gasteiger partial charge in [-0.25, -0.2) is 0 Å². The highest BCUT2D eigenvalue weighted by Crippen LogP contribution is 2.48. The van der Waals surface area contributed by atoms with Crippen molar-refractivity contribution in [3.8, 4) is 0 Å². The fraction of sp³-hybridized carbons (Fsp3) is 0.571. The second-order valence-electron chi connectivity index (χ2n) is 5.16. The molecule has 2 fully saturated rings. The number of nitrogens with zero attached hydrogens (tertiary/aromatic N) is 1. The van der Waals surface area contributed by atoms with Gasteiger partial charge in [0.15, 0.2) is 0 Å². The zero-order chi connectivity index (χ0) is 11.0. The van der Waals surface area contributed by atoms with Crippen molar-refractivity contribution in [2.45, 2.75) is 25.2 Å². The first kappa shape index (κ1) is 10.8. The number of likely N-dealkylation sites (tertiary alicyclic amines) is 1. The van der Waals surface area contributed by atoms with Gasteiger partial charge in [0.1, 0.15) is 0 Å². The summed E-state index contributed by atoms with van der Waals surface area (Å²) >= 11 is 3.56. The Hall–Kier alpha value is -0.340. The summed E-state index contributed by atoms with van der Waals surface area (Å²) in [6.45, 7) is 4.00. The van der Waals surface area contributed by atoms with Gasteiger partial charge in [0.05, 0.1) is 0 Å². The van der Waals surface area contributed by atoms with Crippen LogP contribution < -0.4 is 0 Å². The molecular formula is C14H18BrN. The highest BCUT2D eigenvalue weighted by Gasteiger charge is 2.39. The molecule has 1 saturated heterocycles. The highest BCUT2D eigenvalue weighted by atomic mass is 79.9. The summed E-state index contributed by atoms with van der Waals surface area (Å²) < 4.78 is 1.22. The van der Waals surface area contributed by atoms with Crippen LogP contribution in [0.4, 0.5) is 0 Å². The van der Waals surface area contributed by atoms with Gasteiger partial charge >= 0.3 is 0 Å². The summed E-state index contributed by atoms with van der Waals surface area (Å²) in [6.07, 6.45) is 4.22. The van der Waals surface area contributed by atoms with E-state index < -0.39 is 0 Å². The Balaban J connectivity index is 1.58. The van der Waals surface area contributed by atoms with Crippen molar-refractivity contribution >= 4 is 15.9 Å². The molecule has 0 amide bonds. The molecule has 2 heteroatoms. The molecule has 2 atom stereocenters. The van der Waals surface area contributed by atoms with Gasteiger partial charge in [0, 0.05) is 11.0 Å². The van der Waals surface area contributed by atoms with E-state index in [2.05, 4.69) is 45.1 Å². The number of benzene rings is 1. The van der Waals surface area contributed by atoms with Gasteiger partial charge in [-0.15, -0.1) is 0 Å². The van der Waals surface area contributed by atoms with Crippen LogP contribution in [0.25, 0.3) is 0 Å². The average molecular weight is 280 g/mol. The Labute approximate surface area is 106 Å². The third-order valence-corrected chi connectivity index (χ3v) is 4.38. The lowest BCUT2D eigenvalue weighted by molar-refractivity contribution is 0.322. The number of hydrogen-bond donors (Lipinski definition) is 0. The largest absolute Gasteiger partial charge is 0.303 e. The van der Waals surface area contributed by atoms with Crippen LogP contribution in [0.15, 0.2) is 28.7 Å². The van der Waals surface area contributed by atoms with Crippen LogP contribution in [0.3, 0.4) is 0 Å². The smallest absolute Gasteiger partial charge is 0.0178 e. The first-order chi connectivity index (χ1) is 7.83. The molecule has 1 aliphatic carbocycles. The van der Waals surface area contributed by atoms with E-state index >= 15 is 0 Å². The molecule has 0 aromatic heterocycles. The van der Waals surface area contributed by atoms with Crippen molar-refractivity contribution < 1.29 is 0 Å². The molecule has 86 valence electrons. The maximum absolute atomic E-state index is 3.56. The van der Waals surface area contributed by atoms with Crippen molar-refractivity contribution in [3.05, 3.63) is 34.3 Å². The minimum atomic E-state index is 0.832. The van der Waals surface area contributed by atoms with Crippen LogP contribution in [0.5, 0.6) is 0 Å². The monoisotopic (exact) mass is 279 g/mol. The zero-order valence-electron chi connectivity index (χ0n) is 9.53. The van der Waals surface area contributed by atoms with Crippen LogP contribution in [-0.4, -0.2) is 24.5 Å². The van der Waals surface area contributed by atoms with Crippen LogP contribution in [0, 0.1) is 5.92 Å². The lowest BCUT2D eigenvalue weighted by atomic mass is 10.1. The third-order valence-electron chi connectivity index (χ3n) is 3.89. The van der Waals surface area contributed by atoms with Gasteiger partial charge in [-0.05, 0) is 61.9 Å². The number of halogens is 1. The summed E-state index contributed by atoms with van der Waals surface area (Å²) in [5.74, 6) is 1.76. The van der Waals surface area contributed by atoms with Crippen LogP contribution in [0.1, 0.15) is 30.7 Å². The van der Waals surface area contributed by atoms with E-state index in [0.29, 0.717) is 0 Å². The zero-order valence-corrected chi connectivity index (χ0v) is 11.1. The van der Waals surface area contributed by atoms with E-state index in [4.69, 9.17) is 0 Å². The first-order valence-electron chi connectivity index (χ1n) is 6.31. The van der Waals surface area contributed by atoms with Crippen molar-refractivity contribution in [3.63, 3.8) is 0 Å². The van der Waals surface area contributed by atoms with E-state index in [1.807, 2.05) is 0 Å². The quantitative estimate of drug-likeness (QED) is 0.817. The van der Waals surface area contributed by atoms with E-state index in [-0.39, 0.29) is 0 Å². The van der Waals surface area contributed by atoms with Crippen molar-refractivity contribution in [1.29, 1.82) is 0 Å². The summed E-state index contributed by atoms with van der Waals surface area (Å²) in [6, 6.07) is 8.83. The van der Waals surface area contributed by atoms with Gasteiger partial charge in [0.25, 0.3) is 0 Å². The summed E-state index contributed by atoms with van der Waals surface area (Å²) in [5, 5.41) is 0. The van der Waals surface area contributed by atoms with Crippen LogP contribution >= 0.6 is 15.9 Å². The molecule has 1 heterocycles. The third kappa shape index (κ3) is 2.33.